The maximum atomic E-state index is 15.7. The van der Waals surface area contributed by atoms with Gasteiger partial charge in [-0.2, -0.15) is 5.10 Å². The van der Waals surface area contributed by atoms with Crippen molar-refractivity contribution in [2.45, 2.75) is 59.3 Å². The van der Waals surface area contributed by atoms with Crippen LogP contribution in [0.15, 0.2) is 60.8 Å². The minimum atomic E-state index is -3.83. The van der Waals surface area contributed by atoms with Gasteiger partial charge in [-0.3, -0.25) is 9.59 Å². The fourth-order valence-corrected chi connectivity index (χ4v) is 8.82. The molecule has 2 aromatic heterocycles. The van der Waals surface area contributed by atoms with Crippen LogP contribution in [-0.2, 0) is 44.1 Å². The number of nitrogens with one attached hydrogen (secondary N) is 1. The van der Waals surface area contributed by atoms with Gasteiger partial charge in [0.15, 0.2) is 33.1 Å². The number of ether oxygens (including phenoxy) is 2. The van der Waals surface area contributed by atoms with E-state index in [1.807, 2.05) is 24.3 Å². The highest BCUT2D eigenvalue weighted by Gasteiger charge is 2.35. The third-order valence-electron chi connectivity index (χ3n) is 9.60. The van der Waals surface area contributed by atoms with Crippen molar-refractivity contribution in [2.75, 3.05) is 18.1 Å². The van der Waals surface area contributed by atoms with E-state index >= 15 is 8.78 Å². The van der Waals surface area contributed by atoms with Crippen LogP contribution < -0.4 is 4.74 Å². The zero-order chi connectivity index (χ0) is 37.4. The summed E-state index contributed by atoms with van der Waals surface area (Å²) in [4.78, 5) is 34.0. The van der Waals surface area contributed by atoms with E-state index < -0.39 is 44.5 Å². The molecule has 13 heteroatoms. The second-order valence-corrected chi connectivity index (χ2v) is 16.3. The molecule has 0 fully saturated rings. The van der Waals surface area contributed by atoms with Crippen molar-refractivity contribution in [1.29, 1.82) is 0 Å². The number of fused-ring (bicyclic) bond motifs is 8. The van der Waals surface area contributed by atoms with Crippen LogP contribution in [0.2, 0.25) is 0 Å². The van der Waals surface area contributed by atoms with E-state index in [4.69, 9.17) is 14.5 Å². The highest BCUT2D eigenvalue weighted by molar-refractivity contribution is 7.91. The van der Waals surface area contributed by atoms with Gasteiger partial charge in [-0.1, -0.05) is 45.0 Å². The lowest BCUT2D eigenvalue weighted by atomic mass is 9.84. The van der Waals surface area contributed by atoms with E-state index in [2.05, 4.69) is 10.1 Å². The smallest absolute Gasteiger partial charge is 0.308 e. The lowest BCUT2D eigenvalue weighted by Crippen LogP contribution is -2.34. The van der Waals surface area contributed by atoms with Gasteiger partial charge in [0, 0.05) is 53.5 Å². The Balaban J connectivity index is 1.46. The summed E-state index contributed by atoms with van der Waals surface area (Å²) in [6, 6.07) is 14.5. The molecule has 3 aromatic carbocycles. The Morgan fingerprint density at radius 2 is 1.90 bits per heavy atom. The number of benzene rings is 3. The molecule has 0 saturated heterocycles. The Morgan fingerprint density at radius 3 is 2.67 bits per heavy atom. The molecule has 0 saturated carbocycles. The average molecular weight is 733 g/mol. The monoisotopic (exact) mass is 732 g/mol. The van der Waals surface area contributed by atoms with Gasteiger partial charge in [0.25, 0.3) is 0 Å². The minimum absolute atomic E-state index is 0.0138. The predicted octanol–water partition coefficient (Wildman–Crippen LogP) is 7.25. The van der Waals surface area contributed by atoms with Crippen LogP contribution in [0.5, 0.6) is 11.5 Å². The summed E-state index contributed by atoms with van der Waals surface area (Å²) in [5, 5.41) is 5.27. The van der Waals surface area contributed by atoms with E-state index in [0.29, 0.717) is 28.7 Å². The molecule has 4 bridgehead atoms. The first kappa shape index (κ1) is 36.9. The molecule has 274 valence electrons. The number of hydrogen-bond acceptors (Lipinski definition) is 8. The number of rotatable bonds is 5. The molecule has 0 spiro atoms. The number of carbonyl (C=O) groups excluding carboxylic acids is 2. The Morgan fingerprint density at radius 1 is 1.12 bits per heavy atom. The number of sulfone groups is 1. The molecule has 2 unspecified atom stereocenters. The van der Waals surface area contributed by atoms with Gasteiger partial charge in [-0.05, 0) is 61.6 Å². The summed E-state index contributed by atoms with van der Waals surface area (Å²) in [5.74, 6) is -3.13. The number of ketones is 1. The number of hydrogen-bond donors (Lipinski definition) is 1. The number of Topliss-reactive ketones (excluding diaryl/α,β-unsaturated/α-hetero) is 1. The molecule has 10 nitrogen and oxygen atoms in total. The van der Waals surface area contributed by atoms with Gasteiger partial charge >= 0.3 is 5.97 Å². The van der Waals surface area contributed by atoms with Crippen molar-refractivity contribution < 1.29 is 36.3 Å². The number of aromatic nitrogens is 4. The van der Waals surface area contributed by atoms with Gasteiger partial charge in [0.05, 0.1) is 29.6 Å². The Kier molecular flexibility index (Phi) is 10.4. The largest absolute Gasteiger partial charge is 0.466 e. The SMILES string of the molecule is CCOC(=O)C(C)Cc1cccc(C2CCC(=O)C(C)(C)CS(=O)(=O)CCc3c(c(F)cc4[nH]ccc34)Oc3ccc(F)c(c3)-c3nc2nn3C)c1. The van der Waals surface area contributed by atoms with E-state index in [1.54, 1.807) is 47.0 Å². The van der Waals surface area contributed by atoms with Crippen molar-refractivity contribution >= 4 is 32.5 Å². The molecule has 2 atom stereocenters. The van der Waals surface area contributed by atoms with Crippen molar-refractivity contribution in [2.24, 2.45) is 18.4 Å². The molecule has 0 amide bonds. The minimum Gasteiger partial charge on any atom is -0.466 e. The third kappa shape index (κ3) is 7.79. The molecule has 1 aliphatic rings. The summed E-state index contributed by atoms with van der Waals surface area (Å²) < 4.78 is 71.2. The van der Waals surface area contributed by atoms with Crippen molar-refractivity contribution in [1.82, 2.24) is 19.7 Å². The molecule has 6 rings (SSSR count). The van der Waals surface area contributed by atoms with Crippen molar-refractivity contribution in [3.63, 3.8) is 0 Å². The molecule has 52 heavy (non-hydrogen) atoms. The van der Waals surface area contributed by atoms with Gasteiger partial charge in [0.2, 0.25) is 0 Å². The van der Waals surface area contributed by atoms with Gasteiger partial charge in [-0.15, -0.1) is 0 Å². The molecule has 5 aromatic rings. The quantitative estimate of drug-likeness (QED) is 0.187. The summed E-state index contributed by atoms with van der Waals surface area (Å²) in [5.41, 5.74) is 1.26. The number of aryl methyl sites for hydroxylation is 2. The normalized spacial score (nSPS) is 18.1. The van der Waals surface area contributed by atoms with Gasteiger partial charge in [0.1, 0.15) is 17.3 Å². The zero-order valence-corrected chi connectivity index (χ0v) is 30.6. The summed E-state index contributed by atoms with van der Waals surface area (Å²) in [6.45, 7) is 7.06. The van der Waals surface area contributed by atoms with E-state index in [1.165, 1.54) is 28.9 Å². The lowest BCUT2D eigenvalue weighted by Gasteiger charge is -2.24. The van der Waals surface area contributed by atoms with Crippen LogP contribution in [0.3, 0.4) is 0 Å². The van der Waals surface area contributed by atoms with Gasteiger partial charge in [-0.25, -0.2) is 26.9 Å². The molecular formula is C39H42F2N4O6S. The molecular weight excluding hydrogens is 691 g/mol. The predicted molar refractivity (Wildman–Crippen MR) is 193 cm³/mol. The highest BCUT2D eigenvalue weighted by Crippen LogP contribution is 2.38. The molecule has 3 heterocycles. The third-order valence-corrected chi connectivity index (χ3v) is 11.6. The number of aromatic amines is 1. The summed E-state index contributed by atoms with van der Waals surface area (Å²) in [7, 11) is -2.20. The van der Waals surface area contributed by atoms with Crippen LogP contribution >= 0.6 is 0 Å². The topological polar surface area (TPSA) is 133 Å². The zero-order valence-electron chi connectivity index (χ0n) is 29.8. The molecule has 0 aliphatic carbocycles. The first-order valence-corrected chi connectivity index (χ1v) is 19.1. The molecule has 1 N–H and O–H groups in total. The fraction of sp³-hybridized carbons (Fsp3) is 0.385. The second-order valence-electron chi connectivity index (χ2n) is 14.1. The van der Waals surface area contributed by atoms with Gasteiger partial charge < -0.3 is 14.5 Å². The number of halogens is 2. The average Bonchev–Trinajstić information content (AvgIpc) is 3.71. The second kappa shape index (κ2) is 14.6. The van der Waals surface area contributed by atoms with Crippen LogP contribution in [0.1, 0.15) is 69.0 Å². The van der Waals surface area contributed by atoms with Crippen molar-refractivity contribution in [3.8, 4) is 22.9 Å². The maximum Gasteiger partial charge on any atom is 0.308 e. The van der Waals surface area contributed by atoms with Crippen LogP contribution in [0.4, 0.5) is 8.78 Å². The summed E-state index contributed by atoms with van der Waals surface area (Å²) >= 11 is 0. The van der Waals surface area contributed by atoms with E-state index in [0.717, 1.165) is 11.1 Å². The van der Waals surface area contributed by atoms with Crippen LogP contribution in [0, 0.1) is 23.0 Å². The molecule has 1 aliphatic heterocycles. The standard InChI is InChI=1S/C39H42F2N4O6S/c1-6-50-38(47)23(2)18-24-8-7-9-25(19-24)27-11-13-34(46)39(3,4)22-52(48,49)17-15-29-28-14-16-42-33(28)21-32(41)35(29)51-26-10-12-31(40)30(20-26)37-43-36(27)44-45(37)5/h7-10,12,14,16,19-21,23,27,42H,6,11,13,15,17-18,22H2,1-5H3. The van der Waals surface area contributed by atoms with E-state index in [9.17, 15) is 18.0 Å². The number of nitrogens with zero attached hydrogens (tertiary/aromatic N) is 3. The fourth-order valence-electron chi connectivity index (χ4n) is 6.90. The number of H-pyrrole nitrogens is 1. The highest BCUT2D eigenvalue weighted by atomic mass is 32.2. The number of esters is 1. The summed E-state index contributed by atoms with van der Waals surface area (Å²) in [6.07, 6.45) is 2.22. The molecule has 0 radical (unpaired) electrons. The lowest BCUT2D eigenvalue weighted by molar-refractivity contribution is -0.147. The Bertz CT molecular complexity index is 2260. The van der Waals surface area contributed by atoms with Crippen molar-refractivity contribution in [3.05, 3.63) is 94.9 Å². The first-order chi connectivity index (χ1) is 24.7. The Hall–Kier alpha value is -4.91. The van der Waals surface area contributed by atoms with Crippen LogP contribution in [-0.4, -0.2) is 58.0 Å². The van der Waals surface area contributed by atoms with E-state index in [-0.39, 0.29) is 66.3 Å². The first-order valence-electron chi connectivity index (χ1n) is 17.3. The van der Waals surface area contributed by atoms with Crippen LogP contribution in [0.25, 0.3) is 22.3 Å². The number of carbonyl (C=O) groups is 2. The Labute approximate surface area is 301 Å². The maximum absolute atomic E-state index is 15.7.